The molecule has 1 unspecified atom stereocenters. The number of nitro benzene ring substituents is 1. The van der Waals surface area contributed by atoms with Crippen molar-refractivity contribution >= 4 is 55.3 Å². The predicted molar refractivity (Wildman–Crippen MR) is 131 cm³/mol. The monoisotopic (exact) mass is 485 g/mol. The number of aromatic nitrogens is 1. The molecule has 0 radical (unpaired) electrons. The molecular weight excluding hydrogens is 462 g/mol. The average Bonchev–Trinajstić information content (AvgIpc) is 3.33. The van der Waals surface area contributed by atoms with Crippen molar-refractivity contribution in [2.24, 2.45) is 5.92 Å². The molecule has 0 spiro atoms. The van der Waals surface area contributed by atoms with E-state index in [4.69, 9.17) is 0 Å². The Hall–Kier alpha value is -3.05. The molecular formula is C22H23N5O4S2. The van der Waals surface area contributed by atoms with Gasteiger partial charge in [0.05, 0.1) is 16.4 Å². The Morgan fingerprint density at radius 2 is 1.82 bits per heavy atom. The van der Waals surface area contributed by atoms with E-state index in [1.807, 2.05) is 16.3 Å². The van der Waals surface area contributed by atoms with E-state index >= 15 is 0 Å². The SMILES string of the molecule is O=C(C1CCCN(c2nc3ccsc3c(=O)s2)C1)N1CCN(c2ccc([N+](=O)[O-])cc2)CC1. The number of piperidine rings is 1. The third-order valence-electron chi connectivity index (χ3n) is 6.29. The van der Waals surface area contributed by atoms with Gasteiger partial charge in [-0.15, -0.1) is 11.3 Å². The summed E-state index contributed by atoms with van der Waals surface area (Å²) in [4.78, 5) is 47.0. The van der Waals surface area contributed by atoms with Crippen LogP contribution >= 0.6 is 22.7 Å². The zero-order chi connectivity index (χ0) is 22.9. The summed E-state index contributed by atoms with van der Waals surface area (Å²) in [5.41, 5.74) is 1.74. The zero-order valence-electron chi connectivity index (χ0n) is 17.9. The number of hydrogen-bond donors (Lipinski definition) is 0. The molecule has 0 N–H and O–H groups in total. The van der Waals surface area contributed by atoms with Crippen LogP contribution in [0.15, 0.2) is 40.5 Å². The zero-order valence-corrected chi connectivity index (χ0v) is 19.5. The summed E-state index contributed by atoms with van der Waals surface area (Å²) in [6.07, 6.45) is 1.73. The number of fused-ring (bicyclic) bond motifs is 1. The molecule has 2 saturated heterocycles. The van der Waals surface area contributed by atoms with Gasteiger partial charge in [-0.05, 0) is 36.4 Å². The second-order valence-electron chi connectivity index (χ2n) is 8.29. The van der Waals surface area contributed by atoms with Crippen LogP contribution in [0.1, 0.15) is 12.8 Å². The lowest BCUT2D eigenvalue weighted by molar-refractivity contribution is -0.384. The summed E-state index contributed by atoms with van der Waals surface area (Å²) in [7, 11) is 0. The third-order valence-corrected chi connectivity index (χ3v) is 8.24. The van der Waals surface area contributed by atoms with Gasteiger partial charge in [-0.3, -0.25) is 19.7 Å². The lowest BCUT2D eigenvalue weighted by Gasteiger charge is -2.39. The molecule has 0 aliphatic carbocycles. The van der Waals surface area contributed by atoms with E-state index in [1.54, 1.807) is 12.1 Å². The number of nitrogens with zero attached hydrogens (tertiary/aromatic N) is 5. The number of nitro groups is 1. The van der Waals surface area contributed by atoms with E-state index < -0.39 is 4.92 Å². The van der Waals surface area contributed by atoms with Crippen molar-refractivity contribution in [1.82, 2.24) is 9.88 Å². The number of benzene rings is 1. The van der Waals surface area contributed by atoms with Crippen molar-refractivity contribution in [3.05, 3.63) is 55.4 Å². The van der Waals surface area contributed by atoms with Crippen LogP contribution in [-0.2, 0) is 4.79 Å². The fourth-order valence-corrected chi connectivity index (χ4v) is 6.25. The van der Waals surface area contributed by atoms with Crippen molar-refractivity contribution in [3.8, 4) is 0 Å². The van der Waals surface area contributed by atoms with Gasteiger partial charge in [0.15, 0.2) is 5.13 Å². The highest BCUT2D eigenvalue weighted by Crippen LogP contribution is 2.28. The highest BCUT2D eigenvalue weighted by molar-refractivity contribution is 7.21. The number of anilines is 2. The number of hydrogen-bond acceptors (Lipinski definition) is 9. The molecule has 1 amide bonds. The van der Waals surface area contributed by atoms with Crippen LogP contribution in [0.3, 0.4) is 0 Å². The van der Waals surface area contributed by atoms with Gasteiger partial charge in [0.2, 0.25) is 5.91 Å². The number of piperazine rings is 1. The summed E-state index contributed by atoms with van der Waals surface area (Å²) in [5.74, 6) is 0.0546. The molecule has 2 aromatic heterocycles. The van der Waals surface area contributed by atoms with E-state index in [0.29, 0.717) is 42.6 Å². The smallest absolute Gasteiger partial charge is 0.269 e. The molecule has 5 rings (SSSR count). The van der Waals surface area contributed by atoms with Crippen LogP contribution in [-0.4, -0.2) is 60.0 Å². The molecule has 0 bridgehead atoms. The summed E-state index contributed by atoms with van der Waals surface area (Å²) in [5, 5.41) is 13.4. The van der Waals surface area contributed by atoms with Gasteiger partial charge in [-0.2, -0.15) is 0 Å². The summed E-state index contributed by atoms with van der Waals surface area (Å²) in [6, 6.07) is 8.42. The van der Waals surface area contributed by atoms with Gasteiger partial charge in [-0.1, -0.05) is 11.3 Å². The van der Waals surface area contributed by atoms with E-state index in [1.165, 1.54) is 23.5 Å². The maximum atomic E-state index is 13.3. The minimum absolute atomic E-state index is 0.0285. The number of carbonyl (C=O) groups excluding carboxylic acids is 1. The van der Waals surface area contributed by atoms with E-state index in [2.05, 4.69) is 14.8 Å². The molecule has 4 heterocycles. The van der Waals surface area contributed by atoms with Crippen LogP contribution in [0.5, 0.6) is 0 Å². The molecule has 2 fully saturated rings. The Balaban J connectivity index is 1.21. The first-order chi connectivity index (χ1) is 16.0. The molecule has 33 heavy (non-hydrogen) atoms. The lowest BCUT2D eigenvalue weighted by atomic mass is 9.96. The van der Waals surface area contributed by atoms with Crippen LogP contribution in [0.25, 0.3) is 10.2 Å². The Labute approximate surface area is 198 Å². The largest absolute Gasteiger partial charge is 0.368 e. The van der Waals surface area contributed by atoms with Gasteiger partial charge in [0.1, 0.15) is 4.70 Å². The van der Waals surface area contributed by atoms with Crippen LogP contribution in [0, 0.1) is 16.0 Å². The molecule has 1 atom stereocenters. The van der Waals surface area contributed by atoms with Crippen LogP contribution in [0.4, 0.5) is 16.5 Å². The molecule has 1 aromatic carbocycles. The molecule has 9 nitrogen and oxygen atoms in total. The van der Waals surface area contributed by atoms with Crippen molar-refractivity contribution in [3.63, 3.8) is 0 Å². The Bertz CT molecular complexity index is 1230. The first-order valence-electron chi connectivity index (χ1n) is 10.9. The van der Waals surface area contributed by atoms with E-state index in [0.717, 1.165) is 41.9 Å². The number of rotatable bonds is 4. The Morgan fingerprint density at radius 3 is 2.55 bits per heavy atom. The first-order valence-corrected chi connectivity index (χ1v) is 12.6. The average molecular weight is 486 g/mol. The number of non-ortho nitro benzene ring substituents is 1. The standard InChI is InChI=1S/C22H23N5O4S2/c28-20(25-11-9-24(10-12-25)16-3-5-17(6-4-16)27(30)31)15-2-1-8-26(14-15)22-23-18-7-13-32-19(18)21(29)33-22/h3-7,13,15H,1-2,8-12,14H2. The van der Waals surface area contributed by atoms with Crippen molar-refractivity contribution in [2.75, 3.05) is 49.1 Å². The summed E-state index contributed by atoms with van der Waals surface area (Å²) in [6.45, 7) is 4.02. The molecule has 0 saturated carbocycles. The Morgan fingerprint density at radius 1 is 1.06 bits per heavy atom. The quantitative estimate of drug-likeness (QED) is 0.413. The predicted octanol–water partition coefficient (Wildman–Crippen LogP) is 3.19. The van der Waals surface area contributed by atoms with Gasteiger partial charge >= 0.3 is 0 Å². The fraction of sp³-hybridized carbons (Fsp3) is 0.409. The minimum atomic E-state index is -0.402. The molecule has 172 valence electrons. The molecule has 3 aromatic rings. The van der Waals surface area contributed by atoms with Crippen molar-refractivity contribution < 1.29 is 9.72 Å². The van der Waals surface area contributed by atoms with Gasteiger partial charge < -0.3 is 14.7 Å². The van der Waals surface area contributed by atoms with E-state index in [-0.39, 0.29) is 22.3 Å². The summed E-state index contributed by atoms with van der Waals surface area (Å²) < 4.78 is 0.722. The van der Waals surface area contributed by atoms with Crippen molar-refractivity contribution in [2.45, 2.75) is 12.8 Å². The van der Waals surface area contributed by atoms with Crippen LogP contribution in [0.2, 0.25) is 0 Å². The second-order valence-corrected chi connectivity index (χ2v) is 10.1. The molecule has 2 aliphatic heterocycles. The van der Waals surface area contributed by atoms with E-state index in [9.17, 15) is 19.7 Å². The highest BCUT2D eigenvalue weighted by Gasteiger charge is 2.32. The second kappa shape index (κ2) is 9.06. The normalized spacial score (nSPS) is 19.2. The van der Waals surface area contributed by atoms with Crippen molar-refractivity contribution in [1.29, 1.82) is 0 Å². The molecule has 11 heteroatoms. The number of carbonyl (C=O) groups is 1. The summed E-state index contributed by atoms with van der Waals surface area (Å²) >= 11 is 2.58. The fourth-order valence-electron chi connectivity index (χ4n) is 4.51. The number of thiophene rings is 1. The number of amides is 1. The van der Waals surface area contributed by atoms with Gasteiger partial charge in [0, 0.05) is 57.1 Å². The maximum Gasteiger partial charge on any atom is 0.269 e. The first kappa shape index (κ1) is 21.8. The van der Waals surface area contributed by atoms with Gasteiger partial charge in [0.25, 0.3) is 10.4 Å². The van der Waals surface area contributed by atoms with Crippen LogP contribution < -0.4 is 14.5 Å². The highest BCUT2D eigenvalue weighted by atomic mass is 32.1. The topological polar surface area (TPSA) is 99.9 Å². The Kier molecular flexibility index (Phi) is 5.98. The van der Waals surface area contributed by atoms with Gasteiger partial charge in [-0.25, -0.2) is 4.98 Å². The third kappa shape index (κ3) is 4.42. The maximum absolute atomic E-state index is 13.3. The molecule has 2 aliphatic rings. The lowest BCUT2D eigenvalue weighted by Crippen LogP contribution is -2.52. The minimum Gasteiger partial charge on any atom is -0.368 e.